The first-order chi connectivity index (χ1) is 3.77. The van der Waals surface area contributed by atoms with Crippen molar-refractivity contribution in [2.75, 3.05) is 6.61 Å². The second-order valence-corrected chi connectivity index (χ2v) is 1.69. The first kappa shape index (κ1) is 12.0. The summed E-state index contributed by atoms with van der Waals surface area (Å²) < 4.78 is 4.64. The van der Waals surface area contributed by atoms with E-state index in [1.165, 1.54) is 6.92 Å². The molecule has 2 nitrogen and oxygen atoms in total. The summed E-state index contributed by atoms with van der Waals surface area (Å²) in [6.45, 7) is 4.06. The quantitative estimate of drug-likeness (QED) is 0.332. The van der Waals surface area contributed by atoms with Crippen molar-refractivity contribution in [2.24, 2.45) is 0 Å². The van der Waals surface area contributed by atoms with Crippen molar-refractivity contribution >= 4 is 29.0 Å². The first-order valence-electron chi connectivity index (χ1n) is 2.90. The Morgan fingerprint density at radius 1 is 1.56 bits per heavy atom. The normalized spacial score (nSPS) is 7.78. The molecule has 0 fully saturated rings. The maximum atomic E-state index is 10.1. The highest BCUT2D eigenvalue weighted by Crippen LogP contribution is 1.86. The van der Waals surface area contributed by atoms with E-state index in [2.05, 4.69) is 11.7 Å². The molecule has 0 atom stereocenters. The molecule has 2 radical (unpaired) electrons. The van der Waals surface area contributed by atoms with Crippen molar-refractivity contribution in [2.45, 2.75) is 26.7 Å². The third-order valence-electron chi connectivity index (χ3n) is 0.803. The maximum absolute atomic E-state index is 10.1. The van der Waals surface area contributed by atoms with Crippen LogP contribution in [0.25, 0.3) is 0 Å². The Morgan fingerprint density at radius 3 is 2.44 bits per heavy atom. The van der Waals surface area contributed by atoms with Crippen LogP contribution in [0.3, 0.4) is 0 Å². The summed E-state index contributed by atoms with van der Waals surface area (Å²) in [6.07, 6.45) is 2.05. The molecule has 0 rings (SSSR count). The molecule has 0 aliphatic heterocycles. The van der Waals surface area contributed by atoms with Gasteiger partial charge in [0.05, 0.1) is 6.61 Å². The van der Waals surface area contributed by atoms with Crippen molar-refractivity contribution < 1.29 is 9.53 Å². The minimum atomic E-state index is -0.182. The molecule has 3 heteroatoms. The van der Waals surface area contributed by atoms with E-state index in [0.29, 0.717) is 6.61 Å². The zero-order valence-electron chi connectivity index (χ0n) is 6.14. The first-order valence-corrected chi connectivity index (χ1v) is 2.90. The highest BCUT2D eigenvalue weighted by atomic mass is 24.3. The molecule has 0 aromatic heterocycles. The number of ether oxygens (including phenoxy) is 1. The molecule has 0 amide bonds. The fourth-order valence-electron chi connectivity index (χ4n) is 0.360. The zero-order valence-corrected chi connectivity index (χ0v) is 7.56. The molecule has 0 bridgehead atoms. The van der Waals surface area contributed by atoms with Crippen molar-refractivity contribution in [3.63, 3.8) is 0 Å². The standard InChI is InChI=1S/C6H12O2.Mg/c1-3-4-5-8-6(2)7;/h3-5H2,1-2H3;. The smallest absolute Gasteiger partial charge is 0.302 e. The monoisotopic (exact) mass is 140 g/mol. The van der Waals surface area contributed by atoms with E-state index in [0.717, 1.165) is 12.8 Å². The van der Waals surface area contributed by atoms with Gasteiger partial charge >= 0.3 is 5.97 Å². The lowest BCUT2D eigenvalue weighted by Crippen LogP contribution is -1.99. The van der Waals surface area contributed by atoms with Gasteiger partial charge in [0, 0.05) is 30.0 Å². The van der Waals surface area contributed by atoms with Gasteiger partial charge < -0.3 is 4.74 Å². The Kier molecular flexibility index (Phi) is 10.9. The Balaban J connectivity index is 0. The number of rotatable bonds is 3. The van der Waals surface area contributed by atoms with Crippen LogP contribution in [0.4, 0.5) is 0 Å². The van der Waals surface area contributed by atoms with Crippen LogP contribution in [0.1, 0.15) is 26.7 Å². The molecule has 0 spiro atoms. The van der Waals surface area contributed by atoms with Crippen LogP contribution in [0.5, 0.6) is 0 Å². The van der Waals surface area contributed by atoms with Gasteiger partial charge in [-0.2, -0.15) is 0 Å². The number of hydrogen-bond donors (Lipinski definition) is 0. The van der Waals surface area contributed by atoms with E-state index in [1.54, 1.807) is 0 Å². The molecule has 0 heterocycles. The topological polar surface area (TPSA) is 26.3 Å². The number of hydrogen-bond acceptors (Lipinski definition) is 2. The average Bonchev–Trinajstić information content (AvgIpc) is 1.66. The summed E-state index contributed by atoms with van der Waals surface area (Å²) in [5, 5.41) is 0. The van der Waals surface area contributed by atoms with Crippen LogP contribution in [0, 0.1) is 0 Å². The summed E-state index contributed by atoms with van der Waals surface area (Å²) in [6, 6.07) is 0. The molecule has 0 aromatic carbocycles. The Labute approximate surface area is 72.1 Å². The molecule has 0 aromatic rings. The third kappa shape index (κ3) is 11.7. The Morgan fingerprint density at radius 2 is 2.11 bits per heavy atom. The van der Waals surface area contributed by atoms with E-state index >= 15 is 0 Å². The lowest BCUT2D eigenvalue weighted by molar-refractivity contribution is -0.141. The molecule has 0 saturated heterocycles. The minimum Gasteiger partial charge on any atom is -0.466 e. The van der Waals surface area contributed by atoms with Gasteiger partial charge in [0.1, 0.15) is 0 Å². The predicted molar refractivity (Wildman–Crippen MR) is 37.3 cm³/mol. The highest BCUT2D eigenvalue weighted by Gasteiger charge is 1.88. The molecule has 0 saturated carbocycles. The maximum Gasteiger partial charge on any atom is 0.302 e. The molecule has 0 aliphatic carbocycles. The number of esters is 1. The number of unbranched alkanes of at least 4 members (excludes halogenated alkanes) is 1. The largest absolute Gasteiger partial charge is 0.466 e. The van der Waals surface area contributed by atoms with E-state index in [4.69, 9.17) is 0 Å². The molecule has 0 aliphatic rings. The lowest BCUT2D eigenvalue weighted by atomic mass is 10.4. The highest BCUT2D eigenvalue weighted by molar-refractivity contribution is 5.75. The van der Waals surface area contributed by atoms with E-state index < -0.39 is 0 Å². The average molecular weight is 140 g/mol. The summed E-state index contributed by atoms with van der Waals surface area (Å²) >= 11 is 0. The second kappa shape index (κ2) is 8.24. The van der Waals surface area contributed by atoms with Crippen LogP contribution >= 0.6 is 0 Å². The second-order valence-electron chi connectivity index (χ2n) is 1.69. The van der Waals surface area contributed by atoms with Gasteiger partial charge in [-0.05, 0) is 6.42 Å². The van der Waals surface area contributed by atoms with E-state index in [9.17, 15) is 4.79 Å². The van der Waals surface area contributed by atoms with Crippen molar-refractivity contribution in [3.05, 3.63) is 0 Å². The van der Waals surface area contributed by atoms with E-state index in [-0.39, 0.29) is 29.0 Å². The van der Waals surface area contributed by atoms with Crippen LogP contribution in [-0.2, 0) is 9.53 Å². The molecular weight excluding hydrogens is 128 g/mol. The van der Waals surface area contributed by atoms with Gasteiger partial charge in [0.15, 0.2) is 0 Å². The van der Waals surface area contributed by atoms with Crippen LogP contribution in [0.2, 0.25) is 0 Å². The van der Waals surface area contributed by atoms with Crippen LogP contribution in [-0.4, -0.2) is 35.6 Å². The summed E-state index contributed by atoms with van der Waals surface area (Å²) in [5.41, 5.74) is 0. The summed E-state index contributed by atoms with van der Waals surface area (Å²) in [5.74, 6) is -0.182. The van der Waals surface area contributed by atoms with Gasteiger partial charge in [-0.15, -0.1) is 0 Å². The third-order valence-corrected chi connectivity index (χ3v) is 0.803. The van der Waals surface area contributed by atoms with Crippen LogP contribution < -0.4 is 0 Å². The van der Waals surface area contributed by atoms with Gasteiger partial charge in [-0.1, -0.05) is 13.3 Å². The Hall–Kier alpha value is 0.236. The summed E-state index contributed by atoms with van der Waals surface area (Å²) in [4.78, 5) is 10.1. The fourth-order valence-corrected chi connectivity index (χ4v) is 0.360. The molecule has 50 valence electrons. The van der Waals surface area contributed by atoms with Gasteiger partial charge in [-0.3, -0.25) is 4.79 Å². The van der Waals surface area contributed by atoms with Gasteiger partial charge in [0.2, 0.25) is 0 Å². The van der Waals surface area contributed by atoms with Crippen LogP contribution in [0.15, 0.2) is 0 Å². The molecule has 0 unspecified atom stereocenters. The molecule has 9 heavy (non-hydrogen) atoms. The summed E-state index contributed by atoms with van der Waals surface area (Å²) in [7, 11) is 0. The number of carbonyl (C=O) groups excluding carboxylic acids is 1. The SMILES string of the molecule is CCCCOC(C)=O.[Mg]. The van der Waals surface area contributed by atoms with Crippen molar-refractivity contribution in [1.29, 1.82) is 0 Å². The lowest BCUT2D eigenvalue weighted by Gasteiger charge is -1.96. The fraction of sp³-hybridized carbons (Fsp3) is 0.833. The van der Waals surface area contributed by atoms with Crippen molar-refractivity contribution in [3.8, 4) is 0 Å². The minimum absolute atomic E-state index is 0. The van der Waals surface area contributed by atoms with E-state index in [1.807, 2.05) is 0 Å². The molecular formula is C6H12MgO2. The predicted octanol–water partition coefficient (Wildman–Crippen LogP) is 0.969. The zero-order chi connectivity index (χ0) is 6.41. The van der Waals surface area contributed by atoms with Gasteiger partial charge in [-0.25, -0.2) is 0 Å². The van der Waals surface area contributed by atoms with Gasteiger partial charge in [0.25, 0.3) is 0 Å². The number of carbonyl (C=O) groups is 1. The molecule has 0 N–H and O–H groups in total. The van der Waals surface area contributed by atoms with Crippen molar-refractivity contribution in [1.82, 2.24) is 0 Å². The Bertz CT molecular complexity index is 73.5.